The summed E-state index contributed by atoms with van der Waals surface area (Å²) in [5, 5.41) is 0. The number of amides is 2. The normalized spacial score (nSPS) is 14.8. The van der Waals surface area contributed by atoms with Crippen molar-refractivity contribution in [3.8, 4) is 11.5 Å². The first-order valence-corrected chi connectivity index (χ1v) is 14.1. The molecular weight excluding hydrogens is 531 g/mol. The van der Waals surface area contributed by atoms with Gasteiger partial charge in [0, 0.05) is 29.2 Å². The smallest absolute Gasteiger partial charge is 0.410 e. The third-order valence-corrected chi connectivity index (χ3v) is 7.79. The van der Waals surface area contributed by atoms with E-state index < -0.39 is 10.3 Å². The molecule has 0 radical (unpaired) electrons. The lowest BCUT2D eigenvalue weighted by Gasteiger charge is -2.40. The lowest BCUT2D eigenvalue weighted by Crippen LogP contribution is -2.47. The second-order valence-electron chi connectivity index (χ2n) is 10.8. The van der Waals surface area contributed by atoms with Crippen molar-refractivity contribution >= 4 is 23.8 Å². The van der Waals surface area contributed by atoms with E-state index in [0.29, 0.717) is 37.4 Å². The zero-order valence-electron chi connectivity index (χ0n) is 23.0. The van der Waals surface area contributed by atoms with Gasteiger partial charge in [0.25, 0.3) is 0 Å². The monoisotopic (exact) mass is 566 g/mol. The van der Waals surface area contributed by atoms with Gasteiger partial charge in [0.15, 0.2) is 0 Å². The fraction of sp³-hybridized carbons (Fsp3) is 0.355. The number of carbonyl (C=O) groups is 2. The average Bonchev–Trinajstić information content (AvgIpc) is 2.93. The lowest BCUT2D eigenvalue weighted by molar-refractivity contribution is -0.146. The van der Waals surface area contributed by atoms with E-state index >= 15 is 0 Å². The molecule has 0 spiro atoms. The van der Waals surface area contributed by atoms with Gasteiger partial charge in [0.2, 0.25) is 5.91 Å². The molecule has 40 heavy (non-hydrogen) atoms. The summed E-state index contributed by atoms with van der Waals surface area (Å²) in [4.78, 5) is 33.8. The van der Waals surface area contributed by atoms with Gasteiger partial charge < -0.3 is 14.4 Å². The molecule has 1 aliphatic rings. The minimum Gasteiger partial charge on any atom is -0.457 e. The summed E-state index contributed by atoms with van der Waals surface area (Å²) in [5.74, 6) is 0.633. The highest BCUT2D eigenvalue weighted by Crippen LogP contribution is 2.44. The molecule has 0 unspecified atom stereocenters. The first kappa shape index (κ1) is 29.4. The first-order chi connectivity index (χ1) is 19.1. The van der Waals surface area contributed by atoms with Gasteiger partial charge >= 0.3 is 6.09 Å². The molecular formula is C31H35FN2O5S. The summed E-state index contributed by atoms with van der Waals surface area (Å²) in [5.41, 5.74) is 3.01. The van der Waals surface area contributed by atoms with Crippen molar-refractivity contribution in [1.29, 1.82) is 0 Å². The number of benzene rings is 3. The summed E-state index contributed by atoms with van der Waals surface area (Å²) in [7, 11) is 0. The molecule has 212 valence electrons. The van der Waals surface area contributed by atoms with E-state index in [2.05, 4.69) is 5.48 Å². The van der Waals surface area contributed by atoms with Crippen molar-refractivity contribution < 1.29 is 28.3 Å². The van der Waals surface area contributed by atoms with Gasteiger partial charge in [-0.15, -0.1) is 11.8 Å². The summed E-state index contributed by atoms with van der Waals surface area (Å²) in [6.45, 7) is 6.77. The van der Waals surface area contributed by atoms with E-state index in [1.54, 1.807) is 28.8 Å². The second-order valence-corrected chi connectivity index (χ2v) is 12.3. The van der Waals surface area contributed by atoms with Gasteiger partial charge in [-0.05, 0) is 87.7 Å². The standard InChI is InChI=1S/C31H35FN2O5S/c1-30(2,3)39-33-28(35)21-31(17-19-34(20-18-31)29(36)37-22-23-7-5-4-6-8-23)40-27-15-13-26(14-16-27)38-25-11-9-24(32)10-12-25/h4-16H,17-22H2,1-3H3,(H,33,35). The minimum atomic E-state index is -0.512. The number of hydroxylamine groups is 1. The number of nitrogens with one attached hydrogen (secondary N) is 1. The Kier molecular flexibility index (Phi) is 9.71. The molecule has 2 amide bonds. The summed E-state index contributed by atoms with van der Waals surface area (Å²) in [6, 6.07) is 23.0. The van der Waals surface area contributed by atoms with Crippen LogP contribution in [0, 0.1) is 5.82 Å². The van der Waals surface area contributed by atoms with Crippen LogP contribution in [0.1, 0.15) is 45.6 Å². The number of rotatable bonds is 9. The van der Waals surface area contributed by atoms with Gasteiger partial charge in [0.05, 0.1) is 5.60 Å². The van der Waals surface area contributed by atoms with Crippen LogP contribution in [0.2, 0.25) is 0 Å². The van der Waals surface area contributed by atoms with Crippen LogP contribution in [0.5, 0.6) is 11.5 Å². The predicted molar refractivity (Wildman–Crippen MR) is 153 cm³/mol. The Labute approximate surface area is 239 Å². The van der Waals surface area contributed by atoms with Crippen LogP contribution < -0.4 is 10.2 Å². The highest BCUT2D eigenvalue weighted by molar-refractivity contribution is 8.00. The summed E-state index contributed by atoms with van der Waals surface area (Å²) >= 11 is 1.61. The van der Waals surface area contributed by atoms with E-state index in [4.69, 9.17) is 14.3 Å². The van der Waals surface area contributed by atoms with Gasteiger partial charge in [-0.1, -0.05) is 30.3 Å². The molecule has 0 atom stereocenters. The van der Waals surface area contributed by atoms with Crippen LogP contribution in [0.15, 0.2) is 83.8 Å². The zero-order chi connectivity index (χ0) is 28.6. The number of carbonyl (C=O) groups excluding carboxylic acids is 2. The Hall–Kier alpha value is -3.56. The average molecular weight is 567 g/mol. The molecule has 0 saturated carbocycles. The van der Waals surface area contributed by atoms with Crippen LogP contribution >= 0.6 is 11.8 Å². The van der Waals surface area contributed by atoms with Crippen molar-refractivity contribution in [2.24, 2.45) is 0 Å². The van der Waals surface area contributed by atoms with Crippen molar-refractivity contribution in [3.63, 3.8) is 0 Å². The fourth-order valence-electron chi connectivity index (χ4n) is 4.23. The SMILES string of the molecule is CC(C)(C)ONC(=O)CC1(Sc2ccc(Oc3ccc(F)cc3)cc2)CCN(C(=O)OCc2ccccc2)CC1. The number of thioether (sulfide) groups is 1. The maximum absolute atomic E-state index is 13.2. The van der Waals surface area contributed by atoms with E-state index in [0.717, 1.165) is 10.5 Å². The van der Waals surface area contributed by atoms with Crippen LogP contribution in [-0.2, 0) is 21.0 Å². The molecule has 1 saturated heterocycles. The summed E-state index contributed by atoms with van der Waals surface area (Å²) in [6.07, 6.45) is 1.09. The molecule has 4 rings (SSSR count). The highest BCUT2D eigenvalue weighted by atomic mass is 32.2. The number of hydrogen-bond donors (Lipinski definition) is 1. The Morgan fingerprint density at radius 3 is 2.12 bits per heavy atom. The Balaban J connectivity index is 1.40. The molecule has 1 fully saturated rings. The van der Waals surface area contributed by atoms with E-state index in [1.165, 1.54) is 12.1 Å². The third kappa shape index (κ3) is 8.99. The maximum atomic E-state index is 13.2. The van der Waals surface area contributed by atoms with Crippen molar-refractivity contribution in [2.75, 3.05) is 13.1 Å². The molecule has 3 aromatic carbocycles. The fourth-order valence-corrected chi connectivity index (χ4v) is 5.59. The molecule has 0 aliphatic carbocycles. The van der Waals surface area contributed by atoms with Crippen LogP contribution in [-0.4, -0.2) is 40.3 Å². The van der Waals surface area contributed by atoms with Crippen LogP contribution in [0.4, 0.5) is 9.18 Å². The van der Waals surface area contributed by atoms with E-state index in [1.807, 2.05) is 75.4 Å². The van der Waals surface area contributed by atoms with E-state index in [-0.39, 0.29) is 30.8 Å². The molecule has 0 bridgehead atoms. The molecule has 9 heteroatoms. The van der Waals surface area contributed by atoms with Gasteiger partial charge in [-0.3, -0.25) is 9.63 Å². The van der Waals surface area contributed by atoms with Crippen LogP contribution in [0.3, 0.4) is 0 Å². The van der Waals surface area contributed by atoms with Gasteiger partial charge in [-0.2, -0.15) is 0 Å². The lowest BCUT2D eigenvalue weighted by atomic mass is 9.92. The number of hydrogen-bond acceptors (Lipinski definition) is 6. The van der Waals surface area contributed by atoms with Gasteiger partial charge in [-0.25, -0.2) is 14.7 Å². The van der Waals surface area contributed by atoms with Crippen LogP contribution in [0.25, 0.3) is 0 Å². The summed E-state index contributed by atoms with van der Waals surface area (Å²) < 4.78 is 24.1. The molecule has 1 aliphatic heterocycles. The zero-order valence-corrected chi connectivity index (χ0v) is 23.8. The molecule has 0 aromatic heterocycles. The Bertz CT molecular complexity index is 1260. The maximum Gasteiger partial charge on any atom is 0.410 e. The number of ether oxygens (including phenoxy) is 2. The number of likely N-dealkylation sites (tertiary alicyclic amines) is 1. The number of halogens is 1. The molecule has 1 N–H and O–H groups in total. The predicted octanol–water partition coefficient (Wildman–Crippen LogP) is 7.12. The largest absolute Gasteiger partial charge is 0.457 e. The molecule has 7 nitrogen and oxygen atoms in total. The Morgan fingerprint density at radius 2 is 1.52 bits per heavy atom. The quantitative estimate of drug-likeness (QED) is 0.278. The van der Waals surface area contributed by atoms with Crippen molar-refractivity contribution in [1.82, 2.24) is 10.4 Å². The van der Waals surface area contributed by atoms with Gasteiger partial charge in [0.1, 0.15) is 23.9 Å². The minimum absolute atomic E-state index is 0.209. The van der Waals surface area contributed by atoms with Crippen molar-refractivity contribution in [3.05, 3.63) is 90.2 Å². The Morgan fingerprint density at radius 1 is 0.925 bits per heavy atom. The van der Waals surface area contributed by atoms with Crippen molar-refractivity contribution in [2.45, 2.75) is 61.9 Å². The number of piperidine rings is 1. The number of nitrogens with zero attached hydrogens (tertiary/aromatic N) is 1. The second kappa shape index (κ2) is 13.2. The molecule has 1 heterocycles. The first-order valence-electron chi connectivity index (χ1n) is 13.2. The highest BCUT2D eigenvalue weighted by Gasteiger charge is 2.39. The third-order valence-electron chi connectivity index (χ3n) is 6.30. The topological polar surface area (TPSA) is 77.1 Å². The van der Waals surface area contributed by atoms with E-state index in [9.17, 15) is 14.0 Å². The molecule has 3 aromatic rings.